The Labute approximate surface area is 111 Å². The van der Waals surface area contributed by atoms with E-state index in [4.69, 9.17) is 4.74 Å². The summed E-state index contributed by atoms with van der Waals surface area (Å²) in [4.78, 5) is 18.7. The van der Waals surface area contributed by atoms with Gasteiger partial charge in [0.05, 0.1) is 12.0 Å². The molecule has 0 aliphatic heterocycles. The average Bonchev–Trinajstić information content (AvgIpc) is 2.25. The SMILES string of the molecule is COc1nc(NC(C)C)c([N+](=O)[O-])c(NC(C)C)n1. The standard InChI is InChI=1S/C11H19N5O3/c1-6(2)12-9-8(16(17)18)10(13-7(3)4)15-11(14-9)19-5/h6-7H,1-5H3,(H2,12,13,14,15). The van der Waals surface area contributed by atoms with Gasteiger partial charge < -0.3 is 15.4 Å². The van der Waals surface area contributed by atoms with Crippen LogP contribution in [0.25, 0.3) is 0 Å². The molecule has 0 fully saturated rings. The van der Waals surface area contributed by atoms with Crippen molar-refractivity contribution in [3.63, 3.8) is 0 Å². The number of nitrogens with one attached hydrogen (secondary N) is 2. The van der Waals surface area contributed by atoms with Crippen LogP contribution in [0.4, 0.5) is 17.3 Å². The van der Waals surface area contributed by atoms with Gasteiger partial charge >= 0.3 is 11.7 Å². The summed E-state index contributed by atoms with van der Waals surface area (Å²) in [6.45, 7) is 7.48. The second kappa shape index (κ2) is 6.17. The minimum atomic E-state index is -0.505. The second-order valence-electron chi connectivity index (χ2n) is 4.61. The summed E-state index contributed by atoms with van der Waals surface area (Å²) < 4.78 is 4.97. The van der Waals surface area contributed by atoms with Crippen LogP contribution in [0.1, 0.15) is 27.7 Å². The fraction of sp³-hybridized carbons (Fsp3) is 0.636. The minimum absolute atomic E-state index is 0.00482. The molecule has 0 aliphatic carbocycles. The molecule has 8 nitrogen and oxygen atoms in total. The van der Waals surface area contributed by atoms with E-state index >= 15 is 0 Å². The first kappa shape index (κ1) is 14.9. The normalized spacial score (nSPS) is 10.7. The monoisotopic (exact) mass is 269 g/mol. The van der Waals surface area contributed by atoms with Crippen molar-refractivity contribution in [3.05, 3.63) is 10.1 Å². The van der Waals surface area contributed by atoms with Crippen LogP contribution in [-0.4, -0.2) is 34.1 Å². The maximum Gasteiger partial charge on any atom is 0.353 e. The number of ether oxygens (including phenoxy) is 1. The van der Waals surface area contributed by atoms with Gasteiger partial charge in [0.15, 0.2) is 0 Å². The summed E-state index contributed by atoms with van der Waals surface area (Å²) in [6.07, 6.45) is 0. The van der Waals surface area contributed by atoms with Crippen LogP contribution in [0, 0.1) is 10.1 Å². The first-order valence-corrected chi connectivity index (χ1v) is 5.98. The molecule has 1 aromatic rings. The summed E-state index contributed by atoms with van der Waals surface area (Å²) >= 11 is 0. The van der Waals surface area contributed by atoms with E-state index in [1.807, 2.05) is 27.7 Å². The number of nitro groups is 1. The van der Waals surface area contributed by atoms with Gasteiger partial charge in [0.1, 0.15) is 0 Å². The van der Waals surface area contributed by atoms with Crippen molar-refractivity contribution >= 4 is 17.3 Å². The molecule has 0 saturated carbocycles. The molecule has 0 amide bonds. The van der Waals surface area contributed by atoms with Crippen LogP contribution in [0.2, 0.25) is 0 Å². The van der Waals surface area contributed by atoms with Gasteiger partial charge in [0.2, 0.25) is 11.6 Å². The highest BCUT2D eigenvalue weighted by Gasteiger charge is 2.26. The van der Waals surface area contributed by atoms with Crippen molar-refractivity contribution in [2.45, 2.75) is 39.8 Å². The lowest BCUT2D eigenvalue weighted by atomic mass is 10.3. The van der Waals surface area contributed by atoms with E-state index in [0.717, 1.165) is 0 Å². The summed E-state index contributed by atoms with van der Waals surface area (Å²) in [5.41, 5.74) is -0.178. The van der Waals surface area contributed by atoms with Gasteiger partial charge in [0.25, 0.3) is 0 Å². The first-order valence-electron chi connectivity index (χ1n) is 5.98. The maximum absolute atomic E-state index is 11.2. The quantitative estimate of drug-likeness (QED) is 0.601. The van der Waals surface area contributed by atoms with Crippen molar-refractivity contribution < 1.29 is 9.66 Å². The molecule has 19 heavy (non-hydrogen) atoms. The third-order valence-electron chi connectivity index (χ3n) is 2.08. The Balaban J connectivity index is 3.36. The Morgan fingerprint density at radius 1 is 1.11 bits per heavy atom. The molecule has 0 spiro atoms. The van der Waals surface area contributed by atoms with Gasteiger partial charge in [0, 0.05) is 12.1 Å². The molecule has 2 N–H and O–H groups in total. The van der Waals surface area contributed by atoms with E-state index in [1.165, 1.54) is 7.11 Å². The number of hydrogen-bond donors (Lipinski definition) is 2. The van der Waals surface area contributed by atoms with Crippen molar-refractivity contribution in [3.8, 4) is 6.01 Å². The predicted molar refractivity (Wildman–Crippen MR) is 72.8 cm³/mol. The fourth-order valence-corrected chi connectivity index (χ4v) is 1.45. The first-order chi connectivity index (χ1) is 8.85. The predicted octanol–water partition coefficient (Wildman–Crippen LogP) is 2.03. The van der Waals surface area contributed by atoms with Crippen molar-refractivity contribution in [2.75, 3.05) is 17.7 Å². The molecule has 0 atom stereocenters. The summed E-state index contributed by atoms with van der Waals surface area (Å²) in [6, 6.07) is 0.0901. The van der Waals surface area contributed by atoms with Gasteiger partial charge in [-0.3, -0.25) is 10.1 Å². The van der Waals surface area contributed by atoms with Crippen LogP contribution in [0.15, 0.2) is 0 Å². The van der Waals surface area contributed by atoms with Crippen LogP contribution >= 0.6 is 0 Å². The van der Waals surface area contributed by atoms with Crippen LogP contribution < -0.4 is 15.4 Å². The van der Waals surface area contributed by atoms with E-state index in [-0.39, 0.29) is 35.4 Å². The molecule has 1 rings (SSSR count). The highest BCUT2D eigenvalue weighted by atomic mass is 16.6. The lowest BCUT2D eigenvalue weighted by Crippen LogP contribution is -2.18. The zero-order chi connectivity index (χ0) is 14.6. The van der Waals surface area contributed by atoms with Gasteiger partial charge in [-0.05, 0) is 27.7 Å². The molecule has 0 bridgehead atoms. The number of methoxy groups -OCH3 is 1. The van der Waals surface area contributed by atoms with Gasteiger partial charge in [-0.2, -0.15) is 9.97 Å². The Bertz CT molecular complexity index is 431. The Kier molecular flexibility index (Phi) is 4.85. The van der Waals surface area contributed by atoms with E-state index in [2.05, 4.69) is 20.6 Å². The second-order valence-corrected chi connectivity index (χ2v) is 4.61. The molecule has 0 unspecified atom stereocenters. The molecule has 8 heteroatoms. The molecular formula is C11H19N5O3. The van der Waals surface area contributed by atoms with E-state index in [9.17, 15) is 10.1 Å². The number of rotatable bonds is 6. The van der Waals surface area contributed by atoms with Crippen molar-refractivity contribution in [1.82, 2.24) is 9.97 Å². The van der Waals surface area contributed by atoms with Gasteiger partial charge in [-0.1, -0.05) is 0 Å². The van der Waals surface area contributed by atoms with Crippen LogP contribution in [0.3, 0.4) is 0 Å². The Morgan fingerprint density at radius 3 is 1.79 bits per heavy atom. The smallest absolute Gasteiger partial charge is 0.353 e. The summed E-state index contributed by atoms with van der Waals surface area (Å²) in [5, 5.41) is 17.1. The number of anilines is 2. The molecule has 0 aromatic carbocycles. The average molecular weight is 269 g/mol. The Hall–Kier alpha value is -2.12. The number of nitrogens with zero attached hydrogens (tertiary/aromatic N) is 3. The number of aromatic nitrogens is 2. The minimum Gasteiger partial charge on any atom is -0.467 e. The van der Waals surface area contributed by atoms with Crippen LogP contribution in [-0.2, 0) is 0 Å². The van der Waals surface area contributed by atoms with E-state index in [1.54, 1.807) is 0 Å². The lowest BCUT2D eigenvalue weighted by Gasteiger charge is -2.14. The molecule has 1 aromatic heterocycles. The maximum atomic E-state index is 11.2. The van der Waals surface area contributed by atoms with E-state index in [0.29, 0.717) is 0 Å². The highest BCUT2D eigenvalue weighted by molar-refractivity contribution is 5.70. The topological polar surface area (TPSA) is 102 Å². The molecule has 106 valence electrons. The zero-order valence-corrected chi connectivity index (χ0v) is 11.7. The Morgan fingerprint density at radius 2 is 1.53 bits per heavy atom. The molecule has 0 radical (unpaired) electrons. The molecular weight excluding hydrogens is 250 g/mol. The van der Waals surface area contributed by atoms with E-state index < -0.39 is 4.92 Å². The summed E-state index contributed by atoms with van der Waals surface area (Å²) in [5.74, 6) is 0.296. The van der Waals surface area contributed by atoms with Gasteiger partial charge in [-0.25, -0.2) is 0 Å². The van der Waals surface area contributed by atoms with Gasteiger partial charge in [-0.15, -0.1) is 0 Å². The third-order valence-corrected chi connectivity index (χ3v) is 2.08. The molecule has 0 aliphatic rings. The van der Waals surface area contributed by atoms with Crippen molar-refractivity contribution in [1.29, 1.82) is 0 Å². The molecule has 1 heterocycles. The zero-order valence-electron chi connectivity index (χ0n) is 11.7. The third kappa shape index (κ3) is 3.94. The highest BCUT2D eigenvalue weighted by Crippen LogP contribution is 2.32. The number of hydrogen-bond acceptors (Lipinski definition) is 7. The molecule has 0 saturated heterocycles. The van der Waals surface area contributed by atoms with Crippen molar-refractivity contribution in [2.24, 2.45) is 0 Å². The fourth-order valence-electron chi connectivity index (χ4n) is 1.45. The largest absolute Gasteiger partial charge is 0.467 e. The lowest BCUT2D eigenvalue weighted by molar-refractivity contribution is -0.383. The summed E-state index contributed by atoms with van der Waals surface area (Å²) in [7, 11) is 1.42. The van der Waals surface area contributed by atoms with Crippen LogP contribution in [0.5, 0.6) is 6.01 Å².